The third-order valence-corrected chi connectivity index (χ3v) is 3.25. The Hall–Kier alpha value is -1.26. The van der Waals surface area contributed by atoms with E-state index < -0.39 is 5.60 Å². The SMILES string of the molecule is CC1=C(C2(CO)CCO2)CC=CC(N=O)=C1. The summed E-state index contributed by atoms with van der Waals surface area (Å²) in [6.45, 7) is 2.60. The number of rotatable bonds is 3. The van der Waals surface area contributed by atoms with Gasteiger partial charge in [0.1, 0.15) is 11.3 Å². The van der Waals surface area contributed by atoms with Gasteiger partial charge in [0.15, 0.2) is 0 Å². The first kappa shape index (κ1) is 11.2. The Morgan fingerprint density at radius 3 is 2.88 bits per heavy atom. The fourth-order valence-corrected chi connectivity index (χ4v) is 2.22. The minimum Gasteiger partial charge on any atom is -0.393 e. The van der Waals surface area contributed by atoms with Gasteiger partial charge in [-0.3, -0.25) is 0 Å². The van der Waals surface area contributed by atoms with Crippen molar-refractivity contribution in [2.45, 2.75) is 25.4 Å². The molecule has 1 aliphatic heterocycles. The van der Waals surface area contributed by atoms with Crippen LogP contribution in [0.4, 0.5) is 0 Å². The second kappa shape index (κ2) is 4.31. The maximum Gasteiger partial charge on any atom is 0.115 e. The molecule has 16 heavy (non-hydrogen) atoms. The first-order valence-corrected chi connectivity index (χ1v) is 5.38. The number of nitroso groups, excluding NO2 is 1. The summed E-state index contributed by atoms with van der Waals surface area (Å²) in [6, 6.07) is 0. The molecule has 0 spiro atoms. The number of hydrogen-bond donors (Lipinski definition) is 1. The monoisotopic (exact) mass is 221 g/mol. The van der Waals surface area contributed by atoms with Crippen LogP contribution in [-0.4, -0.2) is 23.9 Å². The van der Waals surface area contributed by atoms with Crippen molar-refractivity contribution in [2.24, 2.45) is 5.18 Å². The van der Waals surface area contributed by atoms with Crippen LogP contribution >= 0.6 is 0 Å². The molecule has 1 unspecified atom stereocenters. The van der Waals surface area contributed by atoms with Gasteiger partial charge in [-0.15, -0.1) is 4.91 Å². The number of aliphatic hydroxyl groups is 1. The van der Waals surface area contributed by atoms with E-state index >= 15 is 0 Å². The normalized spacial score (nSPS) is 29.5. The van der Waals surface area contributed by atoms with Crippen LogP contribution in [0.25, 0.3) is 0 Å². The second-order valence-electron chi connectivity index (χ2n) is 4.18. The van der Waals surface area contributed by atoms with Crippen molar-refractivity contribution < 1.29 is 9.84 Å². The predicted octanol–water partition coefficient (Wildman–Crippen LogP) is 2.06. The standard InChI is InChI=1S/C12H15NO3/c1-9-7-10(13-15)3-2-4-11(9)12(8-14)5-6-16-12/h2-3,7,14H,4-6,8H2,1H3. The highest BCUT2D eigenvalue weighted by Gasteiger charge is 2.41. The highest BCUT2D eigenvalue weighted by atomic mass is 16.5. The molecule has 1 heterocycles. The number of aliphatic hydroxyl groups excluding tert-OH is 1. The minimum absolute atomic E-state index is 0.00873. The fourth-order valence-electron chi connectivity index (χ4n) is 2.22. The smallest absolute Gasteiger partial charge is 0.115 e. The van der Waals surface area contributed by atoms with Crippen LogP contribution < -0.4 is 0 Å². The lowest BCUT2D eigenvalue weighted by Gasteiger charge is -2.43. The van der Waals surface area contributed by atoms with Crippen LogP contribution in [0, 0.1) is 4.91 Å². The van der Waals surface area contributed by atoms with Gasteiger partial charge >= 0.3 is 0 Å². The Balaban J connectivity index is 2.36. The first-order chi connectivity index (χ1) is 7.72. The zero-order valence-electron chi connectivity index (χ0n) is 9.27. The highest BCUT2D eigenvalue weighted by Crippen LogP contribution is 2.38. The zero-order chi connectivity index (χ0) is 11.6. The Kier molecular flexibility index (Phi) is 3.03. The van der Waals surface area contributed by atoms with Crippen LogP contribution in [0.2, 0.25) is 0 Å². The Morgan fingerprint density at radius 2 is 2.38 bits per heavy atom. The Morgan fingerprint density at radius 1 is 1.62 bits per heavy atom. The third-order valence-electron chi connectivity index (χ3n) is 3.25. The Bertz CT molecular complexity index is 384. The van der Waals surface area contributed by atoms with Crippen molar-refractivity contribution in [3.8, 4) is 0 Å². The molecular weight excluding hydrogens is 206 g/mol. The van der Waals surface area contributed by atoms with Gasteiger partial charge in [0.2, 0.25) is 0 Å². The topological polar surface area (TPSA) is 58.9 Å². The van der Waals surface area contributed by atoms with Crippen LogP contribution in [0.5, 0.6) is 0 Å². The van der Waals surface area contributed by atoms with E-state index in [-0.39, 0.29) is 6.61 Å². The van der Waals surface area contributed by atoms with E-state index in [1.165, 1.54) is 0 Å². The average Bonchev–Trinajstić information content (AvgIpc) is 2.41. The molecular formula is C12H15NO3. The van der Waals surface area contributed by atoms with E-state index in [9.17, 15) is 10.0 Å². The number of allylic oxidation sites excluding steroid dienone is 4. The van der Waals surface area contributed by atoms with Crippen molar-refractivity contribution in [3.05, 3.63) is 40.0 Å². The lowest BCUT2D eigenvalue weighted by atomic mass is 9.82. The summed E-state index contributed by atoms with van der Waals surface area (Å²) in [4.78, 5) is 10.5. The van der Waals surface area contributed by atoms with Gasteiger partial charge in [-0.1, -0.05) is 6.08 Å². The summed E-state index contributed by atoms with van der Waals surface area (Å²) in [5, 5.41) is 12.4. The maximum absolute atomic E-state index is 10.5. The summed E-state index contributed by atoms with van der Waals surface area (Å²) < 4.78 is 5.52. The molecule has 2 rings (SSSR count). The van der Waals surface area contributed by atoms with E-state index in [4.69, 9.17) is 4.74 Å². The van der Waals surface area contributed by atoms with Gasteiger partial charge in [-0.2, -0.15) is 0 Å². The molecule has 1 aliphatic carbocycles. The molecule has 1 saturated heterocycles. The molecule has 2 aliphatic rings. The van der Waals surface area contributed by atoms with Gasteiger partial charge < -0.3 is 9.84 Å². The molecule has 0 aromatic rings. The number of ether oxygens (including phenoxy) is 1. The second-order valence-corrected chi connectivity index (χ2v) is 4.18. The highest BCUT2D eigenvalue weighted by molar-refractivity contribution is 5.40. The van der Waals surface area contributed by atoms with Gasteiger partial charge in [0.25, 0.3) is 0 Å². The maximum atomic E-state index is 10.5. The molecule has 0 amide bonds. The van der Waals surface area contributed by atoms with Crippen LogP contribution in [0.1, 0.15) is 19.8 Å². The summed E-state index contributed by atoms with van der Waals surface area (Å²) in [6.07, 6.45) is 6.86. The molecule has 1 fully saturated rings. The van der Waals surface area contributed by atoms with Crippen molar-refractivity contribution in [1.82, 2.24) is 0 Å². The Labute approximate surface area is 94.3 Å². The largest absolute Gasteiger partial charge is 0.393 e. The van der Waals surface area contributed by atoms with E-state index in [0.29, 0.717) is 18.7 Å². The minimum atomic E-state index is -0.525. The predicted molar refractivity (Wildman–Crippen MR) is 60.7 cm³/mol. The fraction of sp³-hybridized carbons (Fsp3) is 0.500. The quantitative estimate of drug-likeness (QED) is 0.742. The molecule has 0 aromatic heterocycles. The van der Waals surface area contributed by atoms with Crippen molar-refractivity contribution >= 4 is 0 Å². The molecule has 1 N–H and O–H groups in total. The summed E-state index contributed by atoms with van der Waals surface area (Å²) in [5.74, 6) is 0. The van der Waals surface area contributed by atoms with Crippen molar-refractivity contribution in [2.75, 3.05) is 13.2 Å². The molecule has 0 saturated carbocycles. The van der Waals surface area contributed by atoms with Crippen LogP contribution in [-0.2, 0) is 4.74 Å². The summed E-state index contributed by atoms with van der Waals surface area (Å²) in [7, 11) is 0. The van der Waals surface area contributed by atoms with Crippen molar-refractivity contribution in [3.63, 3.8) is 0 Å². The number of hydrogen-bond acceptors (Lipinski definition) is 4. The third kappa shape index (κ3) is 1.74. The van der Waals surface area contributed by atoms with Gasteiger partial charge in [0, 0.05) is 6.42 Å². The first-order valence-electron chi connectivity index (χ1n) is 5.38. The molecule has 86 valence electrons. The molecule has 0 radical (unpaired) electrons. The van der Waals surface area contributed by atoms with Crippen molar-refractivity contribution in [1.29, 1.82) is 0 Å². The molecule has 4 heteroatoms. The molecule has 1 atom stereocenters. The molecule has 0 aromatic carbocycles. The van der Waals surface area contributed by atoms with Crippen LogP contribution in [0.15, 0.2) is 40.2 Å². The zero-order valence-corrected chi connectivity index (χ0v) is 9.27. The average molecular weight is 221 g/mol. The molecule has 0 bridgehead atoms. The van der Waals surface area contributed by atoms with E-state index in [1.54, 1.807) is 12.2 Å². The van der Waals surface area contributed by atoms with Crippen LogP contribution in [0.3, 0.4) is 0 Å². The van der Waals surface area contributed by atoms with Gasteiger partial charge in [-0.05, 0) is 41.8 Å². The number of nitrogens with zero attached hydrogens (tertiary/aromatic N) is 1. The lowest BCUT2D eigenvalue weighted by Crippen LogP contribution is -2.49. The summed E-state index contributed by atoms with van der Waals surface area (Å²) in [5.41, 5.74) is 1.91. The lowest BCUT2D eigenvalue weighted by molar-refractivity contribution is -0.145. The summed E-state index contributed by atoms with van der Waals surface area (Å²) >= 11 is 0. The van der Waals surface area contributed by atoms with Gasteiger partial charge in [0.05, 0.1) is 13.2 Å². The molecule has 4 nitrogen and oxygen atoms in total. The van der Waals surface area contributed by atoms with E-state index in [0.717, 1.165) is 17.6 Å². The van der Waals surface area contributed by atoms with Gasteiger partial charge in [-0.25, -0.2) is 0 Å². The van der Waals surface area contributed by atoms with E-state index in [2.05, 4.69) is 5.18 Å². The van der Waals surface area contributed by atoms with E-state index in [1.807, 2.05) is 13.0 Å².